The lowest BCUT2D eigenvalue weighted by atomic mass is 9.56. The van der Waals surface area contributed by atoms with Crippen LogP contribution in [0.3, 0.4) is 0 Å². The first-order valence-electron chi connectivity index (χ1n) is 10.7. The van der Waals surface area contributed by atoms with E-state index in [-0.39, 0.29) is 11.3 Å². The number of hydrogen-bond acceptors (Lipinski definition) is 3. The third-order valence-electron chi connectivity index (χ3n) is 7.46. The standard InChI is InChI=1S/C23H33N3O2/c1-14-4-7-18-11-20-15(2)23(19(18)10-14,8-9-26(20)13-17-5-6-17)12-21(27)25-16(3)22(24)28/h4,7,10,15-17,20H,5-6,8-9,11-13H2,1-3H3,(H2,24,28)(H,25,27)/t15-,16-,20?,23+/m0/s1. The molecule has 28 heavy (non-hydrogen) atoms. The highest BCUT2D eigenvalue weighted by atomic mass is 16.2. The van der Waals surface area contributed by atoms with E-state index in [2.05, 4.69) is 42.3 Å². The lowest BCUT2D eigenvalue weighted by Crippen LogP contribution is -2.60. The lowest BCUT2D eigenvalue weighted by Gasteiger charge is -2.56. The van der Waals surface area contributed by atoms with Gasteiger partial charge in [-0.2, -0.15) is 0 Å². The molecular formula is C23H33N3O2. The molecule has 2 aliphatic carbocycles. The number of primary amides is 1. The fraction of sp³-hybridized carbons (Fsp3) is 0.652. The minimum atomic E-state index is -0.634. The lowest BCUT2D eigenvalue weighted by molar-refractivity contribution is -0.129. The van der Waals surface area contributed by atoms with Gasteiger partial charge in [0.05, 0.1) is 0 Å². The molecule has 1 aromatic carbocycles. The molecule has 1 saturated heterocycles. The minimum Gasteiger partial charge on any atom is -0.368 e. The second-order valence-corrected chi connectivity index (χ2v) is 9.43. The van der Waals surface area contributed by atoms with Gasteiger partial charge in [0.15, 0.2) is 0 Å². The summed E-state index contributed by atoms with van der Waals surface area (Å²) in [6, 6.07) is 6.61. The second-order valence-electron chi connectivity index (χ2n) is 9.43. The van der Waals surface area contributed by atoms with Crippen LogP contribution < -0.4 is 11.1 Å². The number of nitrogens with two attached hydrogens (primary N) is 1. The van der Waals surface area contributed by atoms with Crippen LogP contribution in [-0.2, 0) is 21.4 Å². The number of carbonyl (C=O) groups excluding carboxylic acids is 2. The van der Waals surface area contributed by atoms with E-state index in [1.54, 1.807) is 6.92 Å². The Kier molecular flexibility index (Phi) is 4.98. The fourth-order valence-corrected chi connectivity index (χ4v) is 5.52. The first kappa shape index (κ1) is 19.4. The van der Waals surface area contributed by atoms with Crippen LogP contribution in [0.25, 0.3) is 0 Å². The molecule has 2 amide bonds. The molecule has 1 saturated carbocycles. The summed E-state index contributed by atoms with van der Waals surface area (Å²) in [6.07, 6.45) is 5.23. The number of aryl methyl sites for hydroxylation is 1. The van der Waals surface area contributed by atoms with Crippen molar-refractivity contribution in [3.8, 4) is 0 Å². The van der Waals surface area contributed by atoms with E-state index in [4.69, 9.17) is 5.73 Å². The van der Waals surface area contributed by atoms with Crippen molar-refractivity contribution >= 4 is 11.8 Å². The zero-order chi connectivity index (χ0) is 20.1. The molecular weight excluding hydrogens is 350 g/mol. The SMILES string of the molecule is Cc1ccc2c(c1)[C@@]1(CC(=O)N[C@@H](C)C(N)=O)CCN(CC3CC3)C(C2)[C@@H]1C. The molecule has 0 aromatic heterocycles. The molecule has 0 spiro atoms. The third-order valence-corrected chi connectivity index (χ3v) is 7.46. The monoisotopic (exact) mass is 383 g/mol. The van der Waals surface area contributed by atoms with Gasteiger partial charge in [-0.25, -0.2) is 0 Å². The van der Waals surface area contributed by atoms with Crippen molar-refractivity contribution in [2.75, 3.05) is 13.1 Å². The summed E-state index contributed by atoms with van der Waals surface area (Å²) in [4.78, 5) is 27.0. The number of likely N-dealkylation sites (tertiary alicyclic amines) is 1. The highest BCUT2D eigenvalue weighted by molar-refractivity contribution is 5.86. The molecule has 3 aliphatic rings. The number of benzene rings is 1. The van der Waals surface area contributed by atoms with Gasteiger partial charge in [-0.05, 0) is 69.0 Å². The maximum atomic E-state index is 12.9. The maximum Gasteiger partial charge on any atom is 0.239 e. The summed E-state index contributed by atoms with van der Waals surface area (Å²) >= 11 is 0. The molecule has 1 aromatic rings. The Balaban J connectivity index is 1.65. The Hall–Kier alpha value is -1.88. The number of hydrogen-bond donors (Lipinski definition) is 2. The van der Waals surface area contributed by atoms with E-state index in [0.29, 0.717) is 18.4 Å². The van der Waals surface area contributed by atoms with E-state index >= 15 is 0 Å². The van der Waals surface area contributed by atoms with Gasteiger partial charge < -0.3 is 11.1 Å². The Morgan fingerprint density at radius 2 is 2.11 bits per heavy atom. The number of nitrogens with one attached hydrogen (secondary N) is 1. The van der Waals surface area contributed by atoms with Gasteiger partial charge in [0.2, 0.25) is 11.8 Å². The normalized spacial score (nSPS) is 30.4. The number of fused-ring (bicyclic) bond motifs is 4. The first-order valence-corrected chi connectivity index (χ1v) is 10.7. The molecule has 4 rings (SSSR count). The second kappa shape index (κ2) is 7.18. The number of nitrogens with zero attached hydrogens (tertiary/aromatic N) is 1. The van der Waals surface area contributed by atoms with Crippen LogP contribution in [0, 0.1) is 18.8 Å². The predicted octanol–water partition coefficient (Wildman–Crippen LogP) is 2.29. The maximum absolute atomic E-state index is 12.9. The summed E-state index contributed by atoms with van der Waals surface area (Å²) < 4.78 is 0. The number of amides is 2. The fourth-order valence-electron chi connectivity index (χ4n) is 5.52. The number of rotatable bonds is 6. The summed E-state index contributed by atoms with van der Waals surface area (Å²) in [5, 5.41) is 2.82. The average molecular weight is 384 g/mol. The van der Waals surface area contributed by atoms with Gasteiger partial charge >= 0.3 is 0 Å². The van der Waals surface area contributed by atoms with Gasteiger partial charge in [0.1, 0.15) is 6.04 Å². The van der Waals surface area contributed by atoms with Crippen LogP contribution >= 0.6 is 0 Å². The summed E-state index contributed by atoms with van der Waals surface area (Å²) in [7, 11) is 0. The van der Waals surface area contributed by atoms with Crippen molar-refractivity contribution in [3.05, 3.63) is 34.9 Å². The van der Waals surface area contributed by atoms with Crippen molar-refractivity contribution < 1.29 is 9.59 Å². The first-order chi connectivity index (χ1) is 13.3. The van der Waals surface area contributed by atoms with Gasteiger partial charge in [-0.15, -0.1) is 0 Å². The third kappa shape index (κ3) is 3.45. The van der Waals surface area contributed by atoms with E-state index in [9.17, 15) is 9.59 Å². The highest BCUT2D eigenvalue weighted by Gasteiger charge is 2.52. The van der Waals surface area contributed by atoms with Crippen molar-refractivity contribution in [2.45, 2.75) is 70.4 Å². The van der Waals surface area contributed by atoms with E-state index < -0.39 is 11.9 Å². The van der Waals surface area contributed by atoms with E-state index in [1.165, 1.54) is 36.1 Å². The van der Waals surface area contributed by atoms with Gasteiger partial charge in [-0.1, -0.05) is 30.7 Å². The molecule has 5 nitrogen and oxygen atoms in total. The molecule has 152 valence electrons. The highest BCUT2D eigenvalue weighted by Crippen LogP contribution is 2.51. The van der Waals surface area contributed by atoms with Crippen LogP contribution in [-0.4, -0.2) is 41.9 Å². The van der Waals surface area contributed by atoms with Gasteiger partial charge in [0.25, 0.3) is 0 Å². The van der Waals surface area contributed by atoms with Crippen molar-refractivity contribution in [2.24, 2.45) is 17.6 Å². The minimum absolute atomic E-state index is 0.0677. The van der Waals surface area contributed by atoms with E-state index in [0.717, 1.165) is 25.3 Å². The topological polar surface area (TPSA) is 75.4 Å². The van der Waals surface area contributed by atoms with Gasteiger partial charge in [-0.3, -0.25) is 14.5 Å². The zero-order valence-corrected chi connectivity index (χ0v) is 17.3. The van der Waals surface area contributed by atoms with Crippen molar-refractivity contribution in [1.29, 1.82) is 0 Å². The Labute approximate surface area is 168 Å². The van der Waals surface area contributed by atoms with Crippen LogP contribution in [0.5, 0.6) is 0 Å². The van der Waals surface area contributed by atoms with Crippen LogP contribution in [0.1, 0.15) is 56.2 Å². The molecule has 1 aliphatic heterocycles. The zero-order valence-electron chi connectivity index (χ0n) is 17.3. The summed E-state index contributed by atoms with van der Waals surface area (Å²) in [6.45, 7) is 8.37. The van der Waals surface area contributed by atoms with Crippen LogP contribution in [0.2, 0.25) is 0 Å². The van der Waals surface area contributed by atoms with E-state index in [1.807, 2.05) is 0 Å². The smallest absolute Gasteiger partial charge is 0.239 e. The average Bonchev–Trinajstić information content (AvgIpc) is 3.44. The predicted molar refractivity (Wildman–Crippen MR) is 110 cm³/mol. The van der Waals surface area contributed by atoms with Crippen molar-refractivity contribution in [1.82, 2.24) is 10.2 Å². The van der Waals surface area contributed by atoms with Crippen molar-refractivity contribution in [3.63, 3.8) is 0 Å². The molecule has 2 fully saturated rings. The molecule has 0 radical (unpaired) electrons. The largest absolute Gasteiger partial charge is 0.368 e. The van der Waals surface area contributed by atoms with Crippen LogP contribution in [0.4, 0.5) is 0 Å². The summed E-state index contributed by atoms with van der Waals surface area (Å²) in [5.41, 5.74) is 9.18. The molecule has 1 heterocycles. The molecule has 3 N–H and O–H groups in total. The summed E-state index contributed by atoms with van der Waals surface area (Å²) in [5.74, 6) is 0.723. The molecule has 4 atom stereocenters. The van der Waals surface area contributed by atoms with Crippen LogP contribution in [0.15, 0.2) is 18.2 Å². The van der Waals surface area contributed by atoms with Gasteiger partial charge in [0, 0.05) is 24.4 Å². The Morgan fingerprint density at radius 3 is 2.79 bits per heavy atom. The Morgan fingerprint density at radius 1 is 1.36 bits per heavy atom. The molecule has 1 unspecified atom stereocenters. The Bertz CT molecular complexity index is 788. The molecule has 2 bridgehead atoms. The molecule has 5 heteroatoms. The quantitative estimate of drug-likeness (QED) is 0.791. The number of piperidine rings is 1. The number of carbonyl (C=O) groups is 2.